The summed E-state index contributed by atoms with van der Waals surface area (Å²) in [6.07, 6.45) is 0.286. The Morgan fingerprint density at radius 1 is 1.73 bits per heavy atom. The summed E-state index contributed by atoms with van der Waals surface area (Å²) in [4.78, 5) is 20.4. The molecule has 0 rings (SSSR count). The first-order valence-electron chi connectivity index (χ1n) is 3.44. The minimum atomic E-state index is -0.643. The molecule has 0 aromatic rings. The van der Waals surface area contributed by atoms with Crippen molar-refractivity contribution in [3.63, 3.8) is 0 Å². The van der Waals surface area contributed by atoms with Gasteiger partial charge in [-0.3, -0.25) is 4.79 Å². The van der Waals surface area contributed by atoms with Crippen LogP contribution in [-0.2, 0) is 14.3 Å². The van der Waals surface area contributed by atoms with Gasteiger partial charge in [0.25, 0.3) is 0 Å². The molecule has 4 nitrogen and oxygen atoms in total. The first-order chi connectivity index (χ1) is 5.16. The zero-order valence-electron chi connectivity index (χ0n) is 6.45. The molecule has 1 atom stereocenters. The first-order valence-corrected chi connectivity index (χ1v) is 3.44. The molecule has 1 N–H and O–H groups in total. The summed E-state index contributed by atoms with van der Waals surface area (Å²) in [5, 5.41) is 8.68. The molecule has 0 heterocycles. The molecule has 0 amide bonds. The summed E-state index contributed by atoms with van der Waals surface area (Å²) in [7, 11) is 0. The zero-order chi connectivity index (χ0) is 8.69. The van der Waals surface area contributed by atoms with Crippen LogP contribution in [0.1, 0.15) is 19.8 Å². The van der Waals surface area contributed by atoms with Crippen LogP contribution in [0, 0.1) is 0 Å². The Labute approximate surface area is 65.2 Å². The lowest BCUT2D eigenvalue weighted by molar-refractivity contribution is -0.146. The molecule has 0 fully saturated rings. The fourth-order valence-corrected chi connectivity index (χ4v) is 0.462. The number of hydrogen-bond donors (Lipinski definition) is 1. The van der Waals surface area contributed by atoms with Crippen molar-refractivity contribution < 1.29 is 19.4 Å². The molecule has 0 radical (unpaired) electrons. The molecule has 1 unspecified atom stereocenters. The van der Waals surface area contributed by atoms with Crippen molar-refractivity contribution in [1.82, 2.24) is 0 Å². The molecule has 0 saturated carbocycles. The maximum atomic E-state index is 10.6. The van der Waals surface area contributed by atoms with Crippen molar-refractivity contribution in [1.29, 1.82) is 0 Å². The largest absolute Gasteiger partial charge is 0.463 e. The van der Waals surface area contributed by atoms with E-state index >= 15 is 0 Å². The standard InChI is InChI=1S/C7H12O4/c1-6(9)5-11-7(10)3-2-4-8/h4,6,9H,2-3,5H2,1H3. The van der Waals surface area contributed by atoms with Crippen molar-refractivity contribution >= 4 is 12.3 Å². The smallest absolute Gasteiger partial charge is 0.306 e. The maximum absolute atomic E-state index is 10.6. The highest BCUT2D eigenvalue weighted by molar-refractivity contribution is 5.72. The number of esters is 1. The fraction of sp³-hybridized carbons (Fsp3) is 0.714. The molecule has 0 aliphatic carbocycles. The molecule has 4 heteroatoms. The summed E-state index contributed by atoms with van der Waals surface area (Å²) in [6, 6.07) is 0. The van der Waals surface area contributed by atoms with E-state index in [1.807, 2.05) is 0 Å². The highest BCUT2D eigenvalue weighted by Crippen LogP contribution is 1.91. The van der Waals surface area contributed by atoms with Gasteiger partial charge in [0.2, 0.25) is 0 Å². The Bertz CT molecular complexity index is 130. The predicted octanol–water partition coefficient (Wildman–Crippen LogP) is -0.111. The topological polar surface area (TPSA) is 63.6 Å². The second-order valence-corrected chi connectivity index (χ2v) is 2.24. The molecule has 0 saturated heterocycles. The Morgan fingerprint density at radius 2 is 2.36 bits per heavy atom. The third-order valence-corrected chi connectivity index (χ3v) is 0.952. The average molecular weight is 160 g/mol. The molecule has 0 aliphatic heterocycles. The summed E-state index contributed by atoms with van der Waals surface area (Å²) >= 11 is 0. The molecule has 0 aromatic heterocycles. The molecule has 0 spiro atoms. The lowest BCUT2D eigenvalue weighted by Gasteiger charge is -2.04. The van der Waals surface area contributed by atoms with Crippen LogP contribution >= 0.6 is 0 Å². The van der Waals surface area contributed by atoms with Gasteiger partial charge in [0.15, 0.2) is 0 Å². The van der Waals surface area contributed by atoms with E-state index in [1.54, 1.807) is 0 Å². The quantitative estimate of drug-likeness (QED) is 0.450. The van der Waals surface area contributed by atoms with E-state index in [-0.39, 0.29) is 19.4 Å². The lowest BCUT2D eigenvalue weighted by Crippen LogP contribution is -2.14. The minimum absolute atomic E-state index is 0.00229. The number of carbonyl (C=O) groups is 2. The predicted molar refractivity (Wildman–Crippen MR) is 37.9 cm³/mol. The SMILES string of the molecule is CC(O)COC(=O)CCC=O. The van der Waals surface area contributed by atoms with E-state index in [2.05, 4.69) is 4.74 Å². The van der Waals surface area contributed by atoms with E-state index < -0.39 is 12.1 Å². The van der Waals surface area contributed by atoms with Crippen molar-refractivity contribution in [2.75, 3.05) is 6.61 Å². The van der Waals surface area contributed by atoms with E-state index in [9.17, 15) is 9.59 Å². The molecule has 0 aliphatic rings. The highest BCUT2D eigenvalue weighted by Gasteiger charge is 2.03. The van der Waals surface area contributed by atoms with Crippen molar-refractivity contribution in [2.24, 2.45) is 0 Å². The number of aliphatic hydroxyl groups excluding tert-OH is 1. The summed E-state index contributed by atoms with van der Waals surface area (Å²) in [5.74, 6) is -0.446. The number of rotatable bonds is 5. The number of ether oxygens (including phenoxy) is 1. The van der Waals surface area contributed by atoms with Gasteiger partial charge < -0.3 is 14.6 Å². The summed E-state index contributed by atoms with van der Waals surface area (Å²) in [6.45, 7) is 1.52. The van der Waals surface area contributed by atoms with E-state index in [1.165, 1.54) is 6.92 Å². The van der Waals surface area contributed by atoms with Crippen LogP contribution < -0.4 is 0 Å². The zero-order valence-corrected chi connectivity index (χ0v) is 6.45. The Kier molecular flexibility index (Phi) is 5.37. The molecular weight excluding hydrogens is 148 g/mol. The van der Waals surface area contributed by atoms with Crippen molar-refractivity contribution in [2.45, 2.75) is 25.9 Å². The van der Waals surface area contributed by atoms with Crippen molar-refractivity contribution in [3.8, 4) is 0 Å². The van der Waals surface area contributed by atoms with Crippen LogP contribution in [0.4, 0.5) is 0 Å². The van der Waals surface area contributed by atoms with Gasteiger partial charge in [-0.25, -0.2) is 0 Å². The number of hydrogen-bond acceptors (Lipinski definition) is 4. The van der Waals surface area contributed by atoms with E-state index in [0.717, 1.165) is 0 Å². The average Bonchev–Trinajstić information content (AvgIpc) is 1.97. The molecular formula is C7H12O4. The Hall–Kier alpha value is -0.900. The Balaban J connectivity index is 3.29. The molecule has 64 valence electrons. The van der Waals surface area contributed by atoms with Crippen LogP contribution in [0.25, 0.3) is 0 Å². The van der Waals surface area contributed by atoms with Gasteiger partial charge in [0, 0.05) is 6.42 Å². The number of aldehydes is 1. The highest BCUT2D eigenvalue weighted by atomic mass is 16.5. The van der Waals surface area contributed by atoms with Gasteiger partial charge in [-0.2, -0.15) is 0 Å². The van der Waals surface area contributed by atoms with Crippen molar-refractivity contribution in [3.05, 3.63) is 0 Å². The van der Waals surface area contributed by atoms with E-state index in [0.29, 0.717) is 6.29 Å². The first kappa shape index (κ1) is 10.1. The minimum Gasteiger partial charge on any atom is -0.463 e. The van der Waals surface area contributed by atoms with Gasteiger partial charge in [-0.1, -0.05) is 0 Å². The monoisotopic (exact) mass is 160 g/mol. The molecule has 0 aromatic carbocycles. The van der Waals surface area contributed by atoms with Crippen LogP contribution in [0.5, 0.6) is 0 Å². The second kappa shape index (κ2) is 5.85. The van der Waals surface area contributed by atoms with Crippen LogP contribution in [-0.4, -0.2) is 30.1 Å². The molecule has 0 bridgehead atoms. The number of aliphatic hydroxyl groups is 1. The maximum Gasteiger partial charge on any atom is 0.306 e. The van der Waals surface area contributed by atoms with Gasteiger partial charge in [-0.15, -0.1) is 0 Å². The van der Waals surface area contributed by atoms with E-state index in [4.69, 9.17) is 5.11 Å². The van der Waals surface area contributed by atoms with Gasteiger partial charge in [-0.05, 0) is 6.92 Å². The summed E-state index contributed by atoms with van der Waals surface area (Å²) < 4.78 is 4.56. The second-order valence-electron chi connectivity index (χ2n) is 2.24. The van der Waals surface area contributed by atoms with Crippen LogP contribution in [0.2, 0.25) is 0 Å². The van der Waals surface area contributed by atoms with Crippen LogP contribution in [0.15, 0.2) is 0 Å². The van der Waals surface area contributed by atoms with Gasteiger partial charge >= 0.3 is 5.97 Å². The number of carbonyl (C=O) groups excluding carboxylic acids is 2. The molecule has 11 heavy (non-hydrogen) atoms. The van der Waals surface area contributed by atoms with Gasteiger partial charge in [0.1, 0.15) is 12.9 Å². The van der Waals surface area contributed by atoms with Gasteiger partial charge in [0.05, 0.1) is 12.5 Å². The third-order valence-electron chi connectivity index (χ3n) is 0.952. The third kappa shape index (κ3) is 6.99. The Morgan fingerprint density at radius 3 is 2.82 bits per heavy atom. The normalized spacial score (nSPS) is 12.2. The summed E-state index contributed by atoms with van der Waals surface area (Å²) in [5.41, 5.74) is 0. The lowest BCUT2D eigenvalue weighted by atomic mass is 10.3. The fourth-order valence-electron chi connectivity index (χ4n) is 0.462. The van der Waals surface area contributed by atoms with Crippen LogP contribution in [0.3, 0.4) is 0 Å².